The summed E-state index contributed by atoms with van der Waals surface area (Å²) in [6.07, 6.45) is -5.03. The van der Waals surface area contributed by atoms with E-state index in [4.69, 9.17) is 23.2 Å². The van der Waals surface area contributed by atoms with Crippen LogP contribution in [0.1, 0.15) is 31.4 Å². The third kappa shape index (κ3) is 5.46. The molecule has 18 heavy (non-hydrogen) atoms. The van der Waals surface area contributed by atoms with Crippen molar-refractivity contribution in [1.82, 2.24) is 5.32 Å². The monoisotopic (exact) mass is 299 g/mol. The first-order chi connectivity index (χ1) is 8.31. The SMILES string of the molecule is CCNC(CCC(F)(F)F)c1cc(Cl)cc(Cl)c1. The summed E-state index contributed by atoms with van der Waals surface area (Å²) < 4.78 is 36.8. The Morgan fingerprint density at radius 3 is 2.17 bits per heavy atom. The van der Waals surface area contributed by atoms with Gasteiger partial charge in [0.1, 0.15) is 0 Å². The second-order valence-electron chi connectivity index (χ2n) is 3.97. The van der Waals surface area contributed by atoms with Gasteiger partial charge in [0.2, 0.25) is 0 Å². The van der Waals surface area contributed by atoms with Crippen molar-refractivity contribution in [2.45, 2.75) is 32.0 Å². The fourth-order valence-corrected chi connectivity index (χ4v) is 2.26. The van der Waals surface area contributed by atoms with Crippen molar-refractivity contribution in [3.05, 3.63) is 33.8 Å². The molecule has 0 spiro atoms. The second-order valence-corrected chi connectivity index (χ2v) is 4.84. The lowest BCUT2D eigenvalue weighted by molar-refractivity contribution is -0.136. The molecular formula is C12H14Cl2F3N. The van der Waals surface area contributed by atoms with Gasteiger partial charge in [0.25, 0.3) is 0 Å². The molecule has 102 valence electrons. The summed E-state index contributed by atoms with van der Waals surface area (Å²) in [6.45, 7) is 2.42. The minimum absolute atomic E-state index is 0.0337. The van der Waals surface area contributed by atoms with Gasteiger partial charge in [-0.1, -0.05) is 30.1 Å². The molecule has 0 saturated heterocycles. The summed E-state index contributed by atoms with van der Waals surface area (Å²) >= 11 is 11.7. The molecule has 1 aromatic carbocycles. The number of rotatable bonds is 5. The second kappa shape index (κ2) is 6.64. The molecule has 1 unspecified atom stereocenters. The predicted octanol–water partition coefficient (Wildman–Crippen LogP) is 4.99. The molecule has 0 radical (unpaired) electrons. The van der Waals surface area contributed by atoms with Gasteiger partial charge in [-0.25, -0.2) is 0 Å². The Balaban J connectivity index is 2.83. The largest absolute Gasteiger partial charge is 0.389 e. The number of halogens is 5. The third-order valence-corrected chi connectivity index (χ3v) is 2.89. The van der Waals surface area contributed by atoms with Gasteiger partial charge in [-0.3, -0.25) is 0 Å². The highest BCUT2D eigenvalue weighted by Crippen LogP contribution is 2.30. The smallest absolute Gasteiger partial charge is 0.310 e. The fraction of sp³-hybridized carbons (Fsp3) is 0.500. The quantitative estimate of drug-likeness (QED) is 0.808. The Hall–Kier alpha value is -0.450. The molecule has 1 rings (SSSR count). The summed E-state index contributed by atoms with van der Waals surface area (Å²) in [5.41, 5.74) is 0.679. The molecule has 0 saturated carbocycles. The lowest BCUT2D eigenvalue weighted by Crippen LogP contribution is -2.23. The van der Waals surface area contributed by atoms with E-state index >= 15 is 0 Å². The van der Waals surface area contributed by atoms with E-state index in [2.05, 4.69) is 5.32 Å². The first kappa shape index (κ1) is 15.6. The zero-order valence-corrected chi connectivity index (χ0v) is 11.3. The summed E-state index contributed by atoms with van der Waals surface area (Å²) in [5.74, 6) is 0. The van der Waals surface area contributed by atoms with Crippen molar-refractivity contribution in [2.24, 2.45) is 0 Å². The maximum atomic E-state index is 12.3. The molecule has 1 aromatic rings. The average molecular weight is 300 g/mol. The van der Waals surface area contributed by atoms with Gasteiger partial charge in [-0.05, 0) is 36.7 Å². The minimum Gasteiger partial charge on any atom is -0.310 e. The molecule has 0 aliphatic carbocycles. The molecule has 1 atom stereocenters. The Labute approximate surface area is 114 Å². The zero-order valence-electron chi connectivity index (χ0n) is 9.82. The molecule has 0 amide bonds. The van der Waals surface area contributed by atoms with Crippen molar-refractivity contribution in [2.75, 3.05) is 6.54 Å². The van der Waals surface area contributed by atoms with Crippen LogP contribution in [0.3, 0.4) is 0 Å². The average Bonchev–Trinajstić information content (AvgIpc) is 2.21. The van der Waals surface area contributed by atoms with E-state index in [0.29, 0.717) is 22.2 Å². The molecule has 1 nitrogen and oxygen atoms in total. The van der Waals surface area contributed by atoms with Crippen LogP contribution < -0.4 is 5.32 Å². The Kier molecular flexibility index (Phi) is 5.76. The van der Waals surface area contributed by atoms with Crippen LogP contribution in [-0.4, -0.2) is 12.7 Å². The number of alkyl halides is 3. The molecule has 0 aliphatic heterocycles. The molecular weight excluding hydrogens is 286 g/mol. The van der Waals surface area contributed by atoms with Crippen LogP contribution in [0.25, 0.3) is 0 Å². The van der Waals surface area contributed by atoms with Gasteiger partial charge in [-0.2, -0.15) is 13.2 Å². The highest BCUT2D eigenvalue weighted by Gasteiger charge is 2.28. The van der Waals surface area contributed by atoms with Crippen LogP contribution in [0.5, 0.6) is 0 Å². The summed E-state index contributed by atoms with van der Waals surface area (Å²) in [6, 6.07) is 4.43. The normalized spacial score (nSPS) is 13.7. The van der Waals surface area contributed by atoms with Gasteiger partial charge in [-0.15, -0.1) is 0 Å². The van der Waals surface area contributed by atoms with E-state index in [-0.39, 0.29) is 6.42 Å². The zero-order chi connectivity index (χ0) is 13.8. The van der Waals surface area contributed by atoms with Crippen molar-refractivity contribution in [3.8, 4) is 0 Å². The molecule has 6 heteroatoms. The van der Waals surface area contributed by atoms with Crippen molar-refractivity contribution < 1.29 is 13.2 Å². The lowest BCUT2D eigenvalue weighted by atomic mass is 10.0. The minimum atomic E-state index is -4.16. The van der Waals surface area contributed by atoms with Gasteiger partial charge in [0, 0.05) is 22.5 Å². The van der Waals surface area contributed by atoms with E-state index in [9.17, 15) is 13.2 Å². The lowest BCUT2D eigenvalue weighted by Gasteiger charge is -2.19. The van der Waals surface area contributed by atoms with Crippen LogP contribution in [-0.2, 0) is 0 Å². The van der Waals surface area contributed by atoms with Crippen molar-refractivity contribution in [3.63, 3.8) is 0 Å². The van der Waals surface area contributed by atoms with E-state index in [1.54, 1.807) is 18.2 Å². The van der Waals surface area contributed by atoms with E-state index in [1.807, 2.05) is 6.92 Å². The standard InChI is InChI=1S/C12H14Cl2F3N/c1-2-18-11(3-4-12(15,16)17)8-5-9(13)7-10(14)6-8/h5-7,11,18H,2-4H2,1H3. The van der Waals surface area contributed by atoms with Crippen LogP contribution >= 0.6 is 23.2 Å². The van der Waals surface area contributed by atoms with E-state index in [1.165, 1.54) is 0 Å². The number of benzene rings is 1. The van der Waals surface area contributed by atoms with Crippen LogP contribution in [0.2, 0.25) is 10.0 Å². The van der Waals surface area contributed by atoms with Crippen molar-refractivity contribution >= 4 is 23.2 Å². The number of hydrogen-bond acceptors (Lipinski definition) is 1. The predicted molar refractivity (Wildman–Crippen MR) is 68.2 cm³/mol. The molecule has 0 aromatic heterocycles. The Morgan fingerprint density at radius 1 is 1.17 bits per heavy atom. The first-order valence-corrected chi connectivity index (χ1v) is 6.33. The van der Waals surface area contributed by atoms with Gasteiger partial charge in [0.05, 0.1) is 0 Å². The fourth-order valence-electron chi connectivity index (χ4n) is 1.72. The van der Waals surface area contributed by atoms with Gasteiger partial charge >= 0.3 is 6.18 Å². The highest BCUT2D eigenvalue weighted by atomic mass is 35.5. The Bertz CT molecular complexity index is 373. The highest BCUT2D eigenvalue weighted by molar-refractivity contribution is 6.34. The van der Waals surface area contributed by atoms with Crippen molar-refractivity contribution in [1.29, 1.82) is 0 Å². The summed E-state index contributed by atoms with van der Waals surface area (Å²) in [5, 5.41) is 3.86. The molecule has 0 fully saturated rings. The maximum absolute atomic E-state index is 12.3. The summed E-state index contributed by atoms with van der Waals surface area (Å²) in [4.78, 5) is 0. The maximum Gasteiger partial charge on any atom is 0.389 e. The Morgan fingerprint density at radius 2 is 1.72 bits per heavy atom. The molecule has 1 N–H and O–H groups in total. The van der Waals surface area contributed by atoms with Gasteiger partial charge < -0.3 is 5.32 Å². The topological polar surface area (TPSA) is 12.0 Å². The third-order valence-electron chi connectivity index (χ3n) is 2.45. The molecule has 0 bridgehead atoms. The van der Waals surface area contributed by atoms with E-state index < -0.39 is 18.6 Å². The molecule has 0 aliphatic rings. The van der Waals surface area contributed by atoms with Gasteiger partial charge in [0.15, 0.2) is 0 Å². The summed E-state index contributed by atoms with van der Waals surface area (Å²) in [7, 11) is 0. The van der Waals surface area contributed by atoms with E-state index in [0.717, 1.165) is 0 Å². The number of nitrogens with one attached hydrogen (secondary N) is 1. The van der Waals surface area contributed by atoms with Crippen LogP contribution in [0.4, 0.5) is 13.2 Å². The van der Waals surface area contributed by atoms with Crippen LogP contribution in [0.15, 0.2) is 18.2 Å². The number of hydrogen-bond donors (Lipinski definition) is 1. The van der Waals surface area contributed by atoms with Crippen LogP contribution in [0, 0.1) is 0 Å². The first-order valence-electron chi connectivity index (χ1n) is 5.58. The molecule has 0 heterocycles.